The van der Waals surface area contributed by atoms with Crippen LogP contribution in [0.5, 0.6) is 0 Å². The van der Waals surface area contributed by atoms with Gasteiger partial charge in [-0.05, 0) is 162 Å². The highest BCUT2D eigenvalue weighted by atomic mass is 19.3. The van der Waals surface area contributed by atoms with E-state index >= 15 is 0 Å². The lowest BCUT2D eigenvalue weighted by atomic mass is 9.85. The van der Waals surface area contributed by atoms with Gasteiger partial charge in [0.2, 0.25) is 23.1 Å². The van der Waals surface area contributed by atoms with Gasteiger partial charge < -0.3 is 24.4 Å². The van der Waals surface area contributed by atoms with Crippen LogP contribution in [-0.2, 0) is 91.6 Å². The number of carbonyl (C=O) groups excluding carboxylic acids is 11. The summed E-state index contributed by atoms with van der Waals surface area (Å²) in [6.07, 6.45) is 29.8. The number of rotatable bonds is 66. The minimum Gasteiger partial charge on any atom is -0.481 e. The van der Waals surface area contributed by atoms with E-state index in [-0.39, 0.29) is 204 Å². The van der Waals surface area contributed by atoms with Gasteiger partial charge in [0.15, 0.2) is 11.6 Å². The van der Waals surface area contributed by atoms with E-state index in [4.69, 9.17) is 19.3 Å². The van der Waals surface area contributed by atoms with Crippen LogP contribution < -0.4 is 0 Å². The van der Waals surface area contributed by atoms with Crippen molar-refractivity contribution in [1.29, 1.82) is 0 Å². The number of Topliss-reactive ketones (excluding diaryl/α,β-unsaturated/α-hetero) is 6. The van der Waals surface area contributed by atoms with E-state index in [1.807, 2.05) is 119 Å². The van der Waals surface area contributed by atoms with Crippen molar-refractivity contribution in [3.63, 3.8) is 0 Å². The summed E-state index contributed by atoms with van der Waals surface area (Å²) in [5.74, 6) is -20.1. The number of halogens is 8. The molecule has 25 heteroatoms. The Morgan fingerprint density at radius 2 is 0.622 bits per heavy atom. The molecule has 7 rings (SSSR count). The molecule has 9 atom stereocenters. The van der Waals surface area contributed by atoms with Crippen molar-refractivity contribution in [3.05, 3.63) is 132 Å². The van der Waals surface area contributed by atoms with Crippen molar-refractivity contribution in [2.24, 2.45) is 47.3 Å². The van der Waals surface area contributed by atoms with Crippen molar-refractivity contribution in [3.8, 4) is 0 Å². The van der Waals surface area contributed by atoms with Crippen LogP contribution in [0.2, 0.25) is 0 Å². The Hall–Kier alpha value is -8.22. The molecule has 0 bridgehead atoms. The molecular formula is C110H170F8O17. The van der Waals surface area contributed by atoms with Gasteiger partial charge in [0.05, 0.1) is 6.10 Å². The van der Waals surface area contributed by atoms with Gasteiger partial charge in [0, 0.05) is 114 Å². The Morgan fingerprint density at radius 3 is 0.941 bits per heavy atom. The molecule has 768 valence electrons. The number of esters is 3. The number of aliphatic hydroxyl groups excluding tert-OH is 1. The molecule has 4 aliphatic carbocycles. The third-order valence-corrected chi connectivity index (χ3v) is 25.5. The summed E-state index contributed by atoms with van der Waals surface area (Å²) < 4.78 is 128. The Balaban J connectivity index is 0. The maximum atomic E-state index is 14.1. The number of benzene rings is 3. The number of hydrogen-bond acceptors (Lipinski definition) is 16. The van der Waals surface area contributed by atoms with Crippen LogP contribution in [-0.4, -0.2) is 110 Å². The van der Waals surface area contributed by atoms with Gasteiger partial charge in [-0.3, -0.25) is 57.5 Å². The van der Waals surface area contributed by atoms with Crippen LogP contribution in [0.15, 0.2) is 115 Å². The summed E-state index contributed by atoms with van der Waals surface area (Å²) in [5.41, 5.74) is 2.87. The van der Waals surface area contributed by atoms with E-state index in [0.29, 0.717) is 135 Å². The average Bonchev–Trinajstić information content (AvgIpc) is 1.69. The SMILES string of the molecule is C.C.C.C.C.CCCCCC(F)(F)C(=O)CC[C@H]1C=CC(=O)[C@@H]1CCCCCCC(=O)OCc1ccccc1.CCCCCC(F)(F)C(=O)CC[C@H]1C=CC(=O)[C@@H]1CCCCCCC(=O)OCc1ccccc1.CCCCCC(F)(F)C(=O)CC[C@H]1CCC(=O)[C@@H]1CCCCCCC(=O)O.CCCCCC(F)(F)C(=O)CC[C@H]1[C@H](O)CC(=O)[C@@H]1CCCCCCC(=O)OCc1ccccc1. The minimum atomic E-state index is -3.33. The number of carboxylic acids is 1. The first-order chi connectivity index (χ1) is 62.2. The predicted molar refractivity (Wildman–Crippen MR) is 520 cm³/mol. The van der Waals surface area contributed by atoms with Crippen LogP contribution in [0, 0.1) is 47.3 Å². The summed E-state index contributed by atoms with van der Waals surface area (Å²) >= 11 is 0. The van der Waals surface area contributed by atoms with E-state index in [0.717, 1.165) is 139 Å². The van der Waals surface area contributed by atoms with Crippen LogP contribution in [0.1, 0.15) is 409 Å². The maximum absolute atomic E-state index is 14.1. The van der Waals surface area contributed by atoms with Crippen LogP contribution in [0.3, 0.4) is 0 Å². The smallest absolute Gasteiger partial charge is 0.306 e. The second kappa shape index (κ2) is 73.0. The number of carboxylic acid groups (broad SMARTS) is 1. The average molecular weight is 1920 g/mol. The number of unbranched alkanes of at least 4 members (excludes halogenated alkanes) is 20. The highest BCUT2D eigenvalue weighted by molar-refractivity contribution is 5.95. The van der Waals surface area contributed by atoms with Crippen LogP contribution >= 0.6 is 0 Å². The number of aliphatic carboxylic acids is 1. The first-order valence-corrected chi connectivity index (χ1v) is 48.8. The van der Waals surface area contributed by atoms with Crippen molar-refractivity contribution in [2.75, 3.05) is 0 Å². The normalized spacial score (nSPS) is 18.2. The summed E-state index contributed by atoms with van der Waals surface area (Å²) in [6, 6.07) is 28.6. The first kappa shape index (κ1) is 129. The number of hydrogen-bond donors (Lipinski definition) is 2. The second-order valence-corrected chi connectivity index (χ2v) is 36.1. The Kier molecular flexibility index (Phi) is 69.7. The van der Waals surface area contributed by atoms with Gasteiger partial charge in [0.1, 0.15) is 31.4 Å². The summed E-state index contributed by atoms with van der Waals surface area (Å²) in [5, 5.41) is 18.9. The number of carbonyl (C=O) groups is 12. The van der Waals surface area contributed by atoms with Gasteiger partial charge in [0.25, 0.3) is 0 Å². The van der Waals surface area contributed by atoms with Gasteiger partial charge >= 0.3 is 47.6 Å². The molecular weight excluding hydrogens is 1750 g/mol. The van der Waals surface area contributed by atoms with E-state index < -0.39 is 71.2 Å². The van der Waals surface area contributed by atoms with Gasteiger partial charge in [-0.15, -0.1) is 0 Å². The zero-order valence-electron chi connectivity index (χ0n) is 77.9. The molecule has 0 radical (unpaired) electrons. The monoisotopic (exact) mass is 1920 g/mol. The lowest BCUT2D eigenvalue weighted by Crippen LogP contribution is -2.30. The molecule has 0 saturated heterocycles. The van der Waals surface area contributed by atoms with Crippen LogP contribution in [0.25, 0.3) is 0 Å². The van der Waals surface area contributed by atoms with Gasteiger partial charge in [-0.1, -0.05) is 296 Å². The quantitative estimate of drug-likeness (QED) is 0.0230. The van der Waals surface area contributed by atoms with E-state index in [9.17, 15) is 97.8 Å². The highest BCUT2D eigenvalue weighted by Gasteiger charge is 2.45. The number of ketones is 8. The van der Waals surface area contributed by atoms with Crippen molar-refractivity contribution in [2.45, 2.75) is 442 Å². The third kappa shape index (κ3) is 53.5. The highest BCUT2D eigenvalue weighted by Crippen LogP contribution is 2.41. The van der Waals surface area contributed by atoms with Crippen molar-refractivity contribution < 1.29 is 117 Å². The zero-order valence-corrected chi connectivity index (χ0v) is 77.9. The molecule has 0 amide bonds. The maximum Gasteiger partial charge on any atom is 0.306 e. The molecule has 2 N–H and O–H groups in total. The molecule has 0 aliphatic heterocycles. The first-order valence-electron chi connectivity index (χ1n) is 48.8. The lowest BCUT2D eigenvalue weighted by Gasteiger charge is -2.22. The van der Waals surface area contributed by atoms with Crippen molar-refractivity contribution in [1.82, 2.24) is 0 Å². The van der Waals surface area contributed by atoms with Gasteiger partial charge in [-0.2, -0.15) is 35.1 Å². The van der Waals surface area contributed by atoms with E-state index in [2.05, 4.69) is 0 Å². The number of allylic oxidation sites excluding steroid dienone is 4. The Labute approximate surface area is 804 Å². The van der Waals surface area contributed by atoms with Gasteiger partial charge in [-0.25, -0.2) is 0 Å². The Morgan fingerprint density at radius 1 is 0.333 bits per heavy atom. The molecule has 135 heavy (non-hydrogen) atoms. The third-order valence-electron chi connectivity index (χ3n) is 25.5. The topological polar surface area (TPSA) is 273 Å². The summed E-state index contributed by atoms with van der Waals surface area (Å²) in [4.78, 5) is 143. The fourth-order valence-corrected chi connectivity index (χ4v) is 17.5. The molecule has 0 aromatic heterocycles. The number of aliphatic hydroxyl groups is 1. The van der Waals surface area contributed by atoms with Crippen molar-refractivity contribution >= 4 is 70.1 Å². The van der Waals surface area contributed by atoms with E-state index in [1.165, 1.54) is 12.2 Å². The number of alkyl halides is 8. The number of ether oxygens (including phenoxy) is 3. The van der Waals surface area contributed by atoms with E-state index in [1.54, 1.807) is 12.2 Å². The summed E-state index contributed by atoms with van der Waals surface area (Å²) in [6.45, 7) is 8.55. The predicted octanol–water partition coefficient (Wildman–Crippen LogP) is 29.0. The summed E-state index contributed by atoms with van der Waals surface area (Å²) in [7, 11) is 0. The molecule has 3 aromatic rings. The largest absolute Gasteiger partial charge is 0.481 e. The fraction of sp³-hybridized carbons (Fsp3) is 0.691. The molecule has 2 fully saturated rings. The molecule has 0 spiro atoms. The molecule has 4 aliphatic rings. The molecule has 0 unspecified atom stereocenters. The minimum absolute atomic E-state index is 0. The zero-order chi connectivity index (χ0) is 95.6. The fourth-order valence-electron chi connectivity index (χ4n) is 17.5. The standard InChI is InChI=1S/C28H40F2O5.2C28H38F2O4.C21H34F2O4.5CH4/c1-2-3-11-18-28(29,30)26(33)17-16-23-22(24(31)19-25(23)32)14-9-4-5-10-15-27(34)35-20-21-12-7-6-8-13-21;2*1-2-3-11-20-28(29,30)26(32)19-17-23-16-18-25(31)24(23)14-9-4-5-10-15-27(33)34-21-22-12-7-6-8-13-22;1-2-3-8-15-21(22,23)19(25)14-12-16-11-13-18(24)17(16)9-6-4-5-7-10-20(26)27;;;;;/h6-8,12-13,22-23,25,32H,2-5,9-11,14-20H2,1H3;2*6-8,12-13,16,18,23-24H,2-5,9-11,14-15,17,19-21H2,1H3;16-17H,2-15H2,1H3,(H,26,27);5*1H4/t22-,23-,25-;2*23-,24-;16-,17-;;;;;/m1111...../s1. The molecule has 17 nitrogen and oxygen atoms in total. The molecule has 0 heterocycles. The molecule has 2 saturated carbocycles. The Bertz CT molecular complexity index is 3730. The second-order valence-electron chi connectivity index (χ2n) is 36.1. The van der Waals surface area contributed by atoms with Crippen LogP contribution in [0.4, 0.5) is 35.1 Å². The lowest BCUT2D eigenvalue weighted by molar-refractivity contribution is -0.146. The molecule has 3 aromatic carbocycles.